The van der Waals surface area contributed by atoms with Gasteiger partial charge in [-0.15, -0.1) is 5.10 Å². The quantitative estimate of drug-likeness (QED) is 0.904. The smallest absolute Gasteiger partial charge is 0.239 e. The number of aromatic nitrogens is 3. The SMILES string of the molecule is CCc1nc([S@](=O)Cc2cccc(F)c2)n[nH]1. The van der Waals surface area contributed by atoms with Crippen LogP contribution < -0.4 is 0 Å². The van der Waals surface area contributed by atoms with Crippen LogP contribution in [0.3, 0.4) is 0 Å². The molecule has 1 atom stereocenters. The van der Waals surface area contributed by atoms with Crippen molar-refractivity contribution < 1.29 is 8.60 Å². The molecule has 1 N–H and O–H groups in total. The van der Waals surface area contributed by atoms with E-state index >= 15 is 0 Å². The Hall–Kier alpha value is -1.56. The Bertz CT molecular complexity index is 541. The number of rotatable bonds is 4. The maximum absolute atomic E-state index is 12.9. The molecule has 0 aliphatic rings. The molecule has 0 spiro atoms. The number of nitrogens with zero attached hydrogens (tertiary/aromatic N) is 2. The molecule has 1 aromatic heterocycles. The number of halogens is 1. The van der Waals surface area contributed by atoms with Crippen molar-refractivity contribution in [3.8, 4) is 0 Å². The molecule has 2 rings (SSSR count). The summed E-state index contributed by atoms with van der Waals surface area (Å²) in [6.45, 7) is 1.93. The van der Waals surface area contributed by atoms with Gasteiger partial charge in [0.1, 0.15) is 11.6 Å². The molecular formula is C11H12FN3OS. The highest BCUT2D eigenvalue weighted by atomic mass is 32.2. The summed E-state index contributed by atoms with van der Waals surface area (Å²) in [5, 5.41) is 6.85. The van der Waals surface area contributed by atoms with Crippen LogP contribution in [0, 0.1) is 5.82 Å². The highest BCUT2D eigenvalue weighted by Crippen LogP contribution is 2.10. The largest absolute Gasteiger partial charge is 0.262 e. The maximum atomic E-state index is 12.9. The Morgan fingerprint density at radius 1 is 1.47 bits per heavy atom. The number of benzene rings is 1. The van der Waals surface area contributed by atoms with Crippen LogP contribution in [-0.4, -0.2) is 19.4 Å². The van der Waals surface area contributed by atoms with Crippen molar-refractivity contribution in [3.63, 3.8) is 0 Å². The van der Waals surface area contributed by atoms with Crippen LogP contribution in [0.25, 0.3) is 0 Å². The van der Waals surface area contributed by atoms with Gasteiger partial charge in [0.25, 0.3) is 0 Å². The standard InChI is InChI=1S/C11H12FN3OS/c1-2-10-13-11(15-14-10)17(16)7-8-4-3-5-9(12)6-8/h3-6H,2,7H2,1H3,(H,13,14,15)/t17-/m1/s1. The Morgan fingerprint density at radius 2 is 2.29 bits per heavy atom. The van der Waals surface area contributed by atoms with E-state index in [4.69, 9.17) is 0 Å². The fourth-order valence-corrected chi connectivity index (χ4v) is 2.35. The zero-order valence-electron chi connectivity index (χ0n) is 9.31. The molecular weight excluding hydrogens is 241 g/mol. The Morgan fingerprint density at radius 3 is 2.94 bits per heavy atom. The number of H-pyrrole nitrogens is 1. The predicted octanol–water partition coefficient (Wildman–Crippen LogP) is 1.81. The molecule has 1 aromatic carbocycles. The first-order valence-electron chi connectivity index (χ1n) is 5.23. The average molecular weight is 253 g/mol. The van der Waals surface area contributed by atoms with E-state index in [1.807, 2.05) is 6.92 Å². The van der Waals surface area contributed by atoms with Crippen molar-refractivity contribution in [1.29, 1.82) is 0 Å². The monoisotopic (exact) mass is 253 g/mol. The van der Waals surface area contributed by atoms with Crippen LogP contribution >= 0.6 is 0 Å². The van der Waals surface area contributed by atoms with Crippen molar-refractivity contribution in [1.82, 2.24) is 15.2 Å². The van der Waals surface area contributed by atoms with E-state index in [9.17, 15) is 8.60 Å². The molecule has 0 unspecified atom stereocenters. The van der Waals surface area contributed by atoms with Gasteiger partial charge >= 0.3 is 0 Å². The summed E-state index contributed by atoms with van der Waals surface area (Å²) in [6, 6.07) is 6.05. The molecule has 4 nitrogen and oxygen atoms in total. The molecule has 90 valence electrons. The van der Waals surface area contributed by atoms with Gasteiger partial charge in [0.2, 0.25) is 5.16 Å². The highest BCUT2D eigenvalue weighted by molar-refractivity contribution is 7.84. The van der Waals surface area contributed by atoms with Gasteiger partial charge in [-0.05, 0) is 17.7 Å². The first-order valence-corrected chi connectivity index (χ1v) is 6.55. The zero-order valence-corrected chi connectivity index (χ0v) is 10.1. The second kappa shape index (κ2) is 5.18. The van der Waals surface area contributed by atoms with Gasteiger partial charge in [-0.2, -0.15) is 0 Å². The Balaban J connectivity index is 2.11. The fourth-order valence-electron chi connectivity index (χ4n) is 1.38. The minimum Gasteiger partial charge on any atom is -0.262 e. The first kappa shape index (κ1) is 11.9. The molecule has 17 heavy (non-hydrogen) atoms. The summed E-state index contributed by atoms with van der Waals surface area (Å²) in [7, 11) is -1.34. The Kier molecular flexibility index (Phi) is 3.63. The first-order chi connectivity index (χ1) is 8.19. The van der Waals surface area contributed by atoms with Crippen LogP contribution in [-0.2, 0) is 23.0 Å². The van der Waals surface area contributed by atoms with Crippen molar-refractivity contribution in [2.45, 2.75) is 24.3 Å². The lowest BCUT2D eigenvalue weighted by Gasteiger charge is -1.98. The van der Waals surface area contributed by atoms with E-state index in [1.165, 1.54) is 12.1 Å². The van der Waals surface area contributed by atoms with Gasteiger partial charge < -0.3 is 0 Å². The highest BCUT2D eigenvalue weighted by Gasteiger charge is 2.11. The lowest BCUT2D eigenvalue weighted by Crippen LogP contribution is -1.99. The van der Waals surface area contributed by atoms with Crippen molar-refractivity contribution in [3.05, 3.63) is 41.5 Å². The topological polar surface area (TPSA) is 58.6 Å². The molecule has 6 heteroatoms. The third-order valence-electron chi connectivity index (χ3n) is 2.24. The minimum absolute atomic E-state index is 0.221. The lowest BCUT2D eigenvalue weighted by atomic mass is 10.2. The van der Waals surface area contributed by atoms with E-state index in [2.05, 4.69) is 15.2 Å². The summed E-state index contributed by atoms with van der Waals surface area (Å²) in [6.07, 6.45) is 0.712. The van der Waals surface area contributed by atoms with Crippen molar-refractivity contribution in [2.24, 2.45) is 0 Å². The zero-order chi connectivity index (χ0) is 12.3. The number of aromatic amines is 1. The third kappa shape index (κ3) is 2.97. The van der Waals surface area contributed by atoms with Gasteiger partial charge in [0.05, 0.1) is 16.6 Å². The van der Waals surface area contributed by atoms with E-state index in [1.54, 1.807) is 12.1 Å². The molecule has 0 radical (unpaired) electrons. The van der Waals surface area contributed by atoms with Gasteiger partial charge in [-0.3, -0.25) is 9.31 Å². The summed E-state index contributed by atoms with van der Waals surface area (Å²) in [5.41, 5.74) is 0.672. The van der Waals surface area contributed by atoms with E-state index in [-0.39, 0.29) is 16.7 Å². The maximum Gasteiger partial charge on any atom is 0.239 e. The molecule has 0 aliphatic heterocycles. The molecule has 0 aliphatic carbocycles. The predicted molar refractivity (Wildman–Crippen MR) is 62.3 cm³/mol. The van der Waals surface area contributed by atoms with Crippen LogP contribution in [0.5, 0.6) is 0 Å². The number of hydrogen-bond donors (Lipinski definition) is 1. The van der Waals surface area contributed by atoms with Gasteiger partial charge in [0, 0.05) is 6.42 Å². The number of aryl methyl sites for hydroxylation is 1. The average Bonchev–Trinajstić information content (AvgIpc) is 2.77. The molecule has 0 amide bonds. The van der Waals surface area contributed by atoms with Crippen molar-refractivity contribution >= 4 is 10.8 Å². The number of hydrogen-bond acceptors (Lipinski definition) is 3. The normalized spacial score (nSPS) is 12.6. The van der Waals surface area contributed by atoms with E-state index < -0.39 is 10.8 Å². The summed E-state index contributed by atoms with van der Waals surface area (Å²) < 4.78 is 24.8. The molecule has 0 fully saturated rings. The van der Waals surface area contributed by atoms with Crippen molar-refractivity contribution in [2.75, 3.05) is 0 Å². The van der Waals surface area contributed by atoms with Crippen LogP contribution in [0.2, 0.25) is 0 Å². The van der Waals surface area contributed by atoms with Crippen LogP contribution in [0.4, 0.5) is 4.39 Å². The molecule has 0 bridgehead atoms. The number of nitrogens with one attached hydrogen (secondary N) is 1. The molecule has 0 saturated carbocycles. The second-order valence-corrected chi connectivity index (χ2v) is 4.88. The van der Waals surface area contributed by atoms with Gasteiger partial charge in [-0.25, -0.2) is 9.37 Å². The summed E-state index contributed by atoms with van der Waals surface area (Å²) in [4.78, 5) is 4.09. The third-order valence-corrected chi connectivity index (χ3v) is 3.42. The lowest BCUT2D eigenvalue weighted by molar-refractivity contribution is 0.626. The molecule has 0 saturated heterocycles. The summed E-state index contributed by atoms with van der Waals surface area (Å²) in [5.74, 6) is 0.593. The second-order valence-electron chi connectivity index (χ2n) is 3.54. The Labute approximate surface area is 101 Å². The summed E-state index contributed by atoms with van der Waals surface area (Å²) >= 11 is 0. The van der Waals surface area contributed by atoms with E-state index in [0.29, 0.717) is 17.8 Å². The van der Waals surface area contributed by atoms with E-state index in [0.717, 1.165) is 0 Å². The van der Waals surface area contributed by atoms with Gasteiger partial charge in [-0.1, -0.05) is 19.1 Å². The van der Waals surface area contributed by atoms with Gasteiger partial charge in [0.15, 0.2) is 0 Å². The molecule has 1 heterocycles. The van der Waals surface area contributed by atoms with Crippen LogP contribution in [0.15, 0.2) is 29.4 Å². The van der Waals surface area contributed by atoms with Crippen LogP contribution in [0.1, 0.15) is 18.3 Å². The minimum atomic E-state index is -1.34. The molecule has 2 aromatic rings. The fraction of sp³-hybridized carbons (Fsp3) is 0.273.